The molecule has 0 fully saturated rings. The van der Waals surface area contributed by atoms with Crippen molar-refractivity contribution in [2.75, 3.05) is 14.2 Å². The Hall–Kier alpha value is -3.82. The molecule has 0 aromatic heterocycles. The van der Waals surface area contributed by atoms with Crippen molar-refractivity contribution < 1.29 is 64.5 Å². The Balaban J connectivity index is 6.32. The van der Waals surface area contributed by atoms with Crippen LogP contribution in [0.1, 0.15) is 54.4 Å². The molecule has 2 unspecified atom stereocenters. The molecule has 0 heterocycles. The van der Waals surface area contributed by atoms with Gasteiger partial charge in [-0.1, -0.05) is 11.8 Å². The molecule has 0 aliphatic carbocycles. The van der Waals surface area contributed by atoms with E-state index in [-0.39, 0.29) is 0 Å². The highest BCUT2D eigenvalue weighted by Gasteiger charge is 2.64. The fourth-order valence-electron chi connectivity index (χ4n) is 2.65. The molecule has 2 N–H and O–H groups in total. The van der Waals surface area contributed by atoms with E-state index in [1.165, 1.54) is 52.2 Å². The first-order chi connectivity index (χ1) is 17.9. The Morgan fingerprint density at radius 1 is 0.600 bits per heavy atom. The average Bonchev–Trinajstić information content (AvgIpc) is 2.74. The number of hydrogen-bond acceptors (Lipinski definition) is 8. The maximum absolute atomic E-state index is 13.9. The summed E-state index contributed by atoms with van der Waals surface area (Å²) in [7, 11) is 1.24. The summed E-state index contributed by atoms with van der Waals surface area (Å²) in [5.74, 6) is 3.36. The van der Waals surface area contributed by atoms with Crippen molar-refractivity contribution in [1.82, 2.24) is 10.6 Å². The van der Waals surface area contributed by atoms with Crippen LogP contribution in [0, 0.1) is 23.7 Å². The number of nitrogens with one attached hydrogen (secondary N) is 2. The Kier molecular flexibility index (Phi) is 11.8. The van der Waals surface area contributed by atoms with E-state index < -0.39 is 71.6 Å². The Morgan fingerprint density at radius 2 is 0.875 bits per heavy atom. The molecule has 40 heavy (non-hydrogen) atoms. The molecular weight excluding hydrogens is 558 g/mol. The lowest BCUT2D eigenvalue weighted by Crippen LogP contribution is -2.64. The van der Waals surface area contributed by atoms with Gasteiger partial charge in [0.25, 0.3) is 0 Å². The number of halogens is 6. The second kappa shape index (κ2) is 13.0. The first-order valence-corrected chi connectivity index (χ1v) is 11.2. The molecule has 0 aliphatic rings. The van der Waals surface area contributed by atoms with Crippen LogP contribution in [0.4, 0.5) is 35.9 Å². The summed E-state index contributed by atoms with van der Waals surface area (Å²) in [6.07, 6.45) is -17.2. The predicted octanol–water partition coefficient (Wildman–Crippen LogP) is 3.77. The fourth-order valence-corrected chi connectivity index (χ4v) is 2.65. The molecule has 0 saturated heterocycles. The molecule has 0 aromatic carbocycles. The van der Waals surface area contributed by atoms with Crippen LogP contribution < -0.4 is 10.6 Å². The molecule has 2 amide bonds. The minimum absolute atomic E-state index is 0.619. The van der Waals surface area contributed by atoms with Crippen molar-refractivity contribution in [1.29, 1.82) is 0 Å². The highest BCUT2D eigenvalue weighted by atomic mass is 19.4. The molecule has 2 atom stereocenters. The zero-order chi connectivity index (χ0) is 31.8. The molecule has 0 radical (unpaired) electrons. The highest BCUT2D eigenvalue weighted by molar-refractivity contribution is 5.88. The summed E-state index contributed by atoms with van der Waals surface area (Å²) < 4.78 is 101. The molecule has 0 spiro atoms. The van der Waals surface area contributed by atoms with Crippen LogP contribution in [0.25, 0.3) is 0 Å². The van der Waals surface area contributed by atoms with Crippen LogP contribution >= 0.6 is 0 Å². The van der Waals surface area contributed by atoms with Crippen molar-refractivity contribution in [2.45, 2.75) is 89.0 Å². The molecule has 0 saturated carbocycles. The van der Waals surface area contributed by atoms with E-state index in [4.69, 9.17) is 9.47 Å². The Labute approximate surface area is 226 Å². The van der Waals surface area contributed by atoms with Gasteiger partial charge in [0.2, 0.25) is 11.1 Å². The molecular formula is C24H30F6N2O8. The molecule has 16 heteroatoms. The van der Waals surface area contributed by atoms with Gasteiger partial charge in [0, 0.05) is 0 Å². The van der Waals surface area contributed by atoms with E-state index in [2.05, 4.69) is 9.47 Å². The van der Waals surface area contributed by atoms with Gasteiger partial charge < -0.3 is 18.9 Å². The van der Waals surface area contributed by atoms with E-state index in [9.17, 15) is 45.5 Å². The van der Waals surface area contributed by atoms with Crippen molar-refractivity contribution >= 4 is 24.1 Å². The monoisotopic (exact) mass is 588 g/mol. The molecule has 0 aromatic rings. The number of hydrogen-bond donors (Lipinski definition) is 2. The summed E-state index contributed by atoms with van der Waals surface area (Å²) in [6.45, 7) is 8.10. The summed E-state index contributed by atoms with van der Waals surface area (Å²) in [4.78, 5) is 48.3. The van der Waals surface area contributed by atoms with Crippen molar-refractivity contribution in [3.05, 3.63) is 0 Å². The summed E-state index contributed by atoms with van der Waals surface area (Å²) in [6, 6.07) is 0. The third-order valence-corrected chi connectivity index (χ3v) is 4.41. The Morgan fingerprint density at radius 3 is 1.07 bits per heavy atom. The zero-order valence-corrected chi connectivity index (χ0v) is 22.9. The molecule has 10 nitrogen and oxygen atoms in total. The number of carbonyl (C=O) groups is 4. The smallest absolute Gasteiger partial charge is 0.423 e. The van der Waals surface area contributed by atoms with E-state index >= 15 is 0 Å². The fraction of sp³-hybridized carbons (Fsp3) is 0.667. The number of ether oxygens (including phenoxy) is 4. The van der Waals surface area contributed by atoms with Gasteiger partial charge in [0.1, 0.15) is 11.2 Å². The van der Waals surface area contributed by atoms with Gasteiger partial charge in [-0.15, -0.1) is 0 Å². The first-order valence-electron chi connectivity index (χ1n) is 11.2. The topological polar surface area (TPSA) is 129 Å². The second-order valence-corrected chi connectivity index (χ2v) is 10.0. The largest absolute Gasteiger partial charge is 0.467 e. The minimum Gasteiger partial charge on any atom is -0.467 e. The van der Waals surface area contributed by atoms with Gasteiger partial charge in [0.15, 0.2) is 0 Å². The standard InChI is InChI=1S/C24H30F6N2O8/c1-19(2,3)39-17(35)31-21(15(33)37-7,23(25,26)27)13-11-9-10-12-14-22(16(34)38-8,24(28,29)30)32-18(36)40-20(4,5)6/h13-14H2,1-8H3,(H,31,35)(H,32,36). The lowest BCUT2D eigenvalue weighted by Gasteiger charge is -2.33. The maximum atomic E-state index is 13.9. The van der Waals surface area contributed by atoms with Crippen molar-refractivity contribution in [3.63, 3.8) is 0 Å². The SMILES string of the molecule is COC(=O)C(CC#CC#CCC(NC(=O)OC(C)(C)C)(C(=O)OC)C(F)(F)F)(NC(=O)OC(C)(C)C)C(F)(F)F. The Bertz CT molecular complexity index is 998. The normalized spacial score (nSPS) is 14.8. The van der Waals surface area contributed by atoms with Crippen molar-refractivity contribution in [3.8, 4) is 23.7 Å². The third-order valence-electron chi connectivity index (χ3n) is 4.41. The number of rotatable bonds is 6. The van der Waals surface area contributed by atoms with Crippen LogP contribution in [-0.4, -0.2) is 73.0 Å². The van der Waals surface area contributed by atoms with Crippen LogP contribution in [0.2, 0.25) is 0 Å². The quantitative estimate of drug-likeness (QED) is 0.208. The zero-order valence-electron chi connectivity index (χ0n) is 22.9. The van der Waals surface area contributed by atoms with Gasteiger partial charge in [0.05, 0.1) is 27.1 Å². The molecule has 0 aliphatic heterocycles. The van der Waals surface area contributed by atoms with Gasteiger partial charge in [-0.3, -0.25) is 10.6 Å². The summed E-state index contributed by atoms with van der Waals surface area (Å²) in [5, 5.41) is 2.79. The molecule has 0 rings (SSSR count). The van der Waals surface area contributed by atoms with Gasteiger partial charge >= 0.3 is 36.5 Å². The van der Waals surface area contributed by atoms with Crippen molar-refractivity contribution in [2.24, 2.45) is 0 Å². The maximum Gasteiger partial charge on any atom is 0.423 e. The highest BCUT2D eigenvalue weighted by Crippen LogP contribution is 2.36. The van der Waals surface area contributed by atoms with Gasteiger partial charge in [-0.05, 0) is 53.4 Å². The number of carbonyl (C=O) groups excluding carboxylic acids is 4. The van der Waals surface area contributed by atoms with Crippen LogP contribution in [-0.2, 0) is 28.5 Å². The second-order valence-electron chi connectivity index (χ2n) is 10.0. The van der Waals surface area contributed by atoms with E-state index in [1.807, 2.05) is 23.7 Å². The lowest BCUT2D eigenvalue weighted by molar-refractivity contribution is -0.211. The third kappa shape index (κ3) is 10.1. The van der Waals surface area contributed by atoms with E-state index in [0.717, 1.165) is 0 Å². The molecule has 226 valence electrons. The summed E-state index contributed by atoms with van der Waals surface area (Å²) >= 11 is 0. The van der Waals surface area contributed by atoms with Gasteiger partial charge in [-0.25, -0.2) is 19.2 Å². The lowest BCUT2D eigenvalue weighted by atomic mass is 9.94. The van der Waals surface area contributed by atoms with Crippen LogP contribution in [0.3, 0.4) is 0 Å². The number of alkyl halides is 6. The molecule has 0 bridgehead atoms. The van der Waals surface area contributed by atoms with Gasteiger partial charge in [-0.2, -0.15) is 26.3 Å². The minimum atomic E-state index is -5.47. The number of esters is 2. The average molecular weight is 588 g/mol. The number of alkyl carbamates (subject to hydrolysis) is 2. The van der Waals surface area contributed by atoms with E-state index in [1.54, 1.807) is 0 Å². The summed E-state index contributed by atoms with van der Waals surface area (Å²) in [5.41, 5.74) is -9.93. The number of methoxy groups -OCH3 is 2. The van der Waals surface area contributed by atoms with Crippen LogP contribution in [0.5, 0.6) is 0 Å². The first kappa shape index (κ1) is 36.2. The van der Waals surface area contributed by atoms with E-state index in [0.29, 0.717) is 14.2 Å². The predicted molar refractivity (Wildman–Crippen MR) is 125 cm³/mol. The number of amides is 2. The van der Waals surface area contributed by atoms with Crippen LogP contribution in [0.15, 0.2) is 0 Å².